The maximum Gasteiger partial charge on any atom is 0.220 e. The number of unbranched alkanes of at least 4 members (excludes halogenated alkanes) is 16. The maximum absolute atomic E-state index is 13.3. The highest BCUT2D eigenvalue weighted by atomic mass is 16.8. The standard InChI is InChI=1S/C63H107NO18/c1-3-5-7-9-11-13-15-17-19-20-21-22-23-24-25-27-28-30-32-34-36-38-40-47(68)46(64-51(69)41-39-37-35-33-31-29-26-18-16-14-12-10-8-6-4-2)45-77-61-57(75)54(72)59(49(43-66)79-61)82-63-58(76)55(73)60(50(44-67)80-63)81-62-56(74)53(71)52(70)48(42-65)78-62/h6,8,12,14,18,24-26,30-33,38,40,46-50,52-63,65-68,70-76H,3-5,7,9-11,13,15-17,19-23,27-29,34-37,39,41-45H2,1-2H3,(H,64,69)/b8-6-,14-12-,25-24+,26-18-,32-30+,33-31-,40-38+. The van der Waals surface area contributed by atoms with Gasteiger partial charge in [-0.1, -0.05) is 170 Å². The normalized spacial score (nSPS) is 30.2. The molecule has 17 unspecified atom stereocenters. The fraction of sp³-hybridized carbons (Fsp3) is 0.762. The van der Waals surface area contributed by atoms with Gasteiger partial charge in [0.1, 0.15) is 73.2 Å². The Morgan fingerprint density at radius 1 is 0.451 bits per heavy atom. The molecule has 3 fully saturated rings. The van der Waals surface area contributed by atoms with Crippen LogP contribution in [0.2, 0.25) is 0 Å². The lowest BCUT2D eigenvalue weighted by Gasteiger charge is -2.48. The van der Waals surface area contributed by atoms with Gasteiger partial charge < -0.3 is 89.9 Å². The van der Waals surface area contributed by atoms with Crippen molar-refractivity contribution in [2.24, 2.45) is 0 Å². The van der Waals surface area contributed by atoms with Gasteiger partial charge in [0, 0.05) is 6.42 Å². The molecule has 17 atom stereocenters. The topological polar surface area (TPSA) is 307 Å². The van der Waals surface area contributed by atoms with E-state index in [-0.39, 0.29) is 12.3 Å². The Kier molecular flexibility index (Phi) is 40.5. The van der Waals surface area contributed by atoms with Gasteiger partial charge in [0.05, 0.1) is 38.6 Å². The van der Waals surface area contributed by atoms with Gasteiger partial charge in [-0.05, 0) is 83.5 Å². The second-order valence-corrected chi connectivity index (χ2v) is 21.8. The van der Waals surface area contributed by atoms with Crippen LogP contribution in [-0.2, 0) is 33.2 Å². The first-order valence-electron chi connectivity index (χ1n) is 30.8. The molecule has 19 heteroatoms. The van der Waals surface area contributed by atoms with Crippen LogP contribution in [0.4, 0.5) is 0 Å². The molecule has 19 nitrogen and oxygen atoms in total. The van der Waals surface area contributed by atoms with Crippen LogP contribution in [0.15, 0.2) is 85.1 Å². The van der Waals surface area contributed by atoms with E-state index in [4.69, 9.17) is 28.4 Å². The average molecular weight is 1170 g/mol. The molecule has 1 amide bonds. The zero-order valence-corrected chi connectivity index (χ0v) is 49.2. The number of nitrogens with one attached hydrogen (secondary N) is 1. The number of aliphatic hydroxyl groups is 11. The summed E-state index contributed by atoms with van der Waals surface area (Å²) in [6.45, 7) is 1.53. The minimum absolute atomic E-state index is 0.175. The van der Waals surface area contributed by atoms with Crippen molar-refractivity contribution in [1.29, 1.82) is 0 Å². The van der Waals surface area contributed by atoms with E-state index in [9.17, 15) is 61.0 Å². The molecule has 0 radical (unpaired) electrons. The van der Waals surface area contributed by atoms with E-state index >= 15 is 0 Å². The van der Waals surface area contributed by atoms with Crippen molar-refractivity contribution in [2.75, 3.05) is 26.4 Å². The molecule has 3 heterocycles. The van der Waals surface area contributed by atoms with Crippen LogP contribution in [0.3, 0.4) is 0 Å². The van der Waals surface area contributed by atoms with Crippen LogP contribution in [0.25, 0.3) is 0 Å². The molecule has 472 valence electrons. The number of aliphatic hydroxyl groups excluding tert-OH is 11. The Morgan fingerprint density at radius 2 is 0.854 bits per heavy atom. The first-order chi connectivity index (χ1) is 39.8. The molecule has 3 aliphatic heterocycles. The molecule has 0 bridgehead atoms. The first-order valence-corrected chi connectivity index (χ1v) is 30.8. The van der Waals surface area contributed by atoms with Crippen LogP contribution in [0.1, 0.15) is 174 Å². The van der Waals surface area contributed by atoms with E-state index in [0.717, 1.165) is 64.2 Å². The zero-order valence-electron chi connectivity index (χ0n) is 49.2. The van der Waals surface area contributed by atoms with Crippen molar-refractivity contribution in [2.45, 2.75) is 279 Å². The van der Waals surface area contributed by atoms with Crippen LogP contribution in [0, 0.1) is 0 Å². The molecule has 0 aromatic rings. The molecule has 3 aliphatic rings. The lowest BCUT2D eigenvalue weighted by Crippen LogP contribution is -2.66. The van der Waals surface area contributed by atoms with Crippen LogP contribution in [0.5, 0.6) is 0 Å². The molecule has 3 saturated heterocycles. The first kappa shape index (κ1) is 73.2. The van der Waals surface area contributed by atoms with E-state index in [1.807, 2.05) is 6.08 Å². The van der Waals surface area contributed by atoms with Crippen molar-refractivity contribution < 1.29 is 89.4 Å². The van der Waals surface area contributed by atoms with Gasteiger partial charge in [-0.15, -0.1) is 0 Å². The second-order valence-electron chi connectivity index (χ2n) is 21.8. The third-order valence-electron chi connectivity index (χ3n) is 14.9. The third kappa shape index (κ3) is 28.4. The monoisotopic (exact) mass is 1170 g/mol. The minimum atomic E-state index is -1.99. The van der Waals surface area contributed by atoms with Gasteiger partial charge in [0.25, 0.3) is 0 Å². The fourth-order valence-corrected chi connectivity index (χ4v) is 9.86. The van der Waals surface area contributed by atoms with E-state index < -0.39 is 131 Å². The molecule has 0 saturated carbocycles. The second kappa shape index (κ2) is 45.3. The predicted molar refractivity (Wildman–Crippen MR) is 314 cm³/mol. The smallest absolute Gasteiger partial charge is 0.220 e. The summed E-state index contributed by atoms with van der Waals surface area (Å²) in [4.78, 5) is 13.3. The number of carbonyl (C=O) groups excluding carboxylic acids is 1. The molecular weight excluding hydrogens is 1060 g/mol. The van der Waals surface area contributed by atoms with E-state index in [2.05, 4.69) is 92.1 Å². The van der Waals surface area contributed by atoms with Crippen molar-refractivity contribution >= 4 is 5.91 Å². The van der Waals surface area contributed by atoms with E-state index in [1.54, 1.807) is 6.08 Å². The number of amides is 1. The molecular formula is C63H107NO18. The van der Waals surface area contributed by atoms with E-state index in [0.29, 0.717) is 12.8 Å². The highest BCUT2D eigenvalue weighted by molar-refractivity contribution is 5.76. The Balaban J connectivity index is 1.52. The summed E-state index contributed by atoms with van der Waals surface area (Å²) in [5.41, 5.74) is 0. The third-order valence-corrected chi connectivity index (χ3v) is 14.9. The Hall–Kier alpha value is -3.03. The summed E-state index contributed by atoms with van der Waals surface area (Å²) in [6, 6.07) is -1.02. The Labute approximate surface area is 489 Å². The Morgan fingerprint density at radius 3 is 1.37 bits per heavy atom. The number of ether oxygens (including phenoxy) is 6. The SMILES string of the molecule is CC/C=C\C/C=C\C/C=C\C/C=C\CCCCC(=O)NC(COC1OC(CO)C(OC2OC(CO)C(OC3OC(CO)C(O)C(O)C3O)C(O)C2O)C(O)C1O)C(O)/C=C/CC/C=C/CC/C=C/CCCCCCCCCCCCCC. The summed E-state index contributed by atoms with van der Waals surface area (Å²) < 4.78 is 34.2. The molecule has 0 aromatic carbocycles. The molecule has 0 aliphatic carbocycles. The number of hydrogen-bond acceptors (Lipinski definition) is 18. The lowest BCUT2D eigenvalue weighted by molar-refractivity contribution is -0.379. The minimum Gasteiger partial charge on any atom is -0.394 e. The molecule has 12 N–H and O–H groups in total. The number of hydrogen-bond donors (Lipinski definition) is 12. The van der Waals surface area contributed by atoms with Gasteiger partial charge in [0.15, 0.2) is 18.9 Å². The predicted octanol–water partition coefficient (Wildman–Crippen LogP) is 5.98. The number of rotatable bonds is 44. The largest absolute Gasteiger partial charge is 0.394 e. The van der Waals surface area contributed by atoms with Crippen LogP contribution >= 0.6 is 0 Å². The lowest BCUT2D eigenvalue weighted by atomic mass is 9.96. The van der Waals surface area contributed by atoms with Gasteiger partial charge in [-0.3, -0.25) is 4.79 Å². The van der Waals surface area contributed by atoms with Crippen molar-refractivity contribution in [3.63, 3.8) is 0 Å². The maximum atomic E-state index is 13.3. The zero-order chi connectivity index (χ0) is 59.7. The summed E-state index contributed by atoms with van der Waals surface area (Å²) in [5.74, 6) is -0.334. The van der Waals surface area contributed by atoms with Crippen molar-refractivity contribution in [3.05, 3.63) is 85.1 Å². The summed E-state index contributed by atoms with van der Waals surface area (Å²) >= 11 is 0. The Bertz CT molecular complexity index is 1820. The average Bonchev–Trinajstić information content (AvgIpc) is 3.40. The van der Waals surface area contributed by atoms with Crippen LogP contribution < -0.4 is 5.32 Å². The van der Waals surface area contributed by atoms with Gasteiger partial charge in [-0.25, -0.2) is 0 Å². The quantitative estimate of drug-likeness (QED) is 0.0247. The summed E-state index contributed by atoms with van der Waals surface area (Å²) in [6.07, 6.45) is 28.6. The van der Waals surface area contributed by atoms with Gasteiger partial charge >= 0.3 is 0 Å². The van der Waals surface area contributed by atoms with Crippen molar-refractivity contribution in [3.8, 4) is 0 Å². The van der Waals surface area contributed by atoms with E-state index in [1.165, 1.54) is 77.0 Å². The summed E-state index contributed by atoms with van der Waals surface area (Å²) in [5, 5.41) is 120. The molecule has 82 heavy (non-hydrogen) atoms. The number of allylic oxidation sites excluding steroid dienone is 13. The van der Waals surface area contributed by atoms with Crippen LogP contribution in [-0.4, -0.2) is 193 Å². The van der Waals surface area contributed by atoms with Crippen molar-refractivity contribution in [1.82, 2.24) is 5.32 Å². The molecule has 0 aromatic heterocycles. The molecule has 0 spiro atoms. The van der Waals surface area contributed by atoms with Gasteiger partial charge in [0.2, 0.25) is 5.91 Å². The van der Waals surface area contributed by atoms with Gasteiger partial charge in [-0.2, -0.15) is 0 Å². The number of carbonyl (C=O) groups is 1. The highest BCUT2D eigenvalue weighted by Gasteiger charge is 2.53. The fourth-order valence-electron chi connectivity index (χ4n) is 9.86. The molecule has 3 rings (SSSR count). The highest BCUT2D eigenvalue weighted by Crippen LogP contribution is 2.33. The summed E-state index contributed by atoms with van der Waals surface area (Å²) in [7, 11) is 0.